The molecule has 132 heavy (non-hydrogen) atoms. The van der Waals surface area contributed by atoms with E-state index in [9.17, 15) is 71.9 Å². The van der Waals surface area contributed by atoms with Gasteiger partial charge in [-0.3, -0.25) is 53.4 Å². The van der Waals surface area contributed by atoms with E-state index in [1.807, 2.05) is 178 Å². The Balaban J connectivity index is 0.000000150. The zero-order valence-corrected chi connectivity index (χ0v) is 70.5. The van der Waals surface area contributed by atoms with Crippen molar-refractivity contribution in [2.45, 2.75) is 89.7 Å². The Morgan fingerprint density at radius 3 is 0.833 bits per heavy atom. The second-order valence-corrected chi connectivity index (χ2v) is 29.9. The number of nitrogens with zero attached hydrogens (tertiary/aromatic N) is 8. The van der Waals surface area contributed by atoms with Gasteiger partial charge in [-0.25, -0.2) is 19.9 Å². The predicted molar refractivity (Wildman–Crippen MR) is 473 cm³/mol. The number of carbonyl (C=O) groups excluding carboxylic acids is 4. The fourth-order valence-electron chi connectivity index (χ4n) is 13.7. The van der Waals surface area contributed by atoms with Crippen molar-refractivity contribution < 1.29 is 90.8 Å². The molecule has 0 radical (unpaired) electrons. The summed E-state index contributed by atoms with van der Waals surface area (Å²) >= 11 is 0. The summed E-state index contributed by atoms with van der Waals surface area (Å²) in [4.78, 5) is 63.8. The van der Waals surface area contributed by atoms with E-state index < -0.39 is 82.7 Å². The molecule has 4 unspecified atom stereocenters. The van der Waals surface area contributed by atoms with Crippen LogP contribution in [-0.2, 0) is 57.0 Å². The van der Waals surface area contributed by atoms with Crippen LogP contribution >= 0.6 is 0 Å². The van der Waals surface area contributed by atoms with Crippen molar-refractivity contribution in [1.29, 1.82) is 0 Å². The van der Waals surface area contributed by atoms with Gasteiger partial charge >= 0.3 is 24.7 Å². The molecule has 36 heteroatoms. The van der Waals surface area contributed by atoms with E-state index in [1.54, 1.807) is 62.4 Å². The molecule has 4 atom stereocenters. The van der Waals surface area contributed by atoms with Gasteiger partial charge in [-0.15, -0.1) is 0 Å². The third-order valence-corrected chi connectivity index (χ3v) is 20.3. The number of nitrogens with one attached hydrogen (secondary N) is 4. The van der Waals surface area contributed by atoms with Gasteiger partial charge < -0.3 is 47.2 Å². The number of primary amides is 4. The van der Waals surface area contributed by atoms with Gasteiger partial charge in [0.1, 0.15) is 69.3 Å². The number of hydrogen-bond donors (Lipinski definition) is 8. The van der Waals surface area contributed by atoms with Gasteiger partial charge in [0.2, 0.25) is 23.6 Å². The Bertz CT molecular complexity index is 6670. The molecule has 4 heterocycles. The van der Waals surface area contributed by atoms with Gasteiger partial charge in [0.05, 0.1) is 117 Å². The molecule has 16 aromatic rings. The van der Waals surface area contributed by atoms with Gasteiger partial charge in [0.25, 0.3) is 0 Å². The van der Waals surface area contributed by atoms with E-state index in [0.29, 0.717) is 82.4 Å². The topological polar surface area (TPSA) is 329 Å². The van der Waals surface area contributed by atoms with Gasteiger partial charge in [-0.05, 0) is 270 Å². The number of halogens is 12. The molecule has 0 saturated heterocycles. The lowest BCUT2D eigenvalue weighted by Crippen LogP contribution is -2.40. The molecular formula is C96H84F12N16O8. The summed E-state index contributed by atoms with van der Waals surface area (Å²) in [5, 5.41) is 12.3. The summed E-state index contributed by atoms with van der Waals surface area (Å²) < 4.78 is 183. The first-order valence-electron chi connectivity index (χ1n) is 40.7. The molecule has 0 fully saturated rings. The zero-order valence-electron chi connectivity index (χ0n) is 70.5. The number of para-hydroxylation sites is 8. The third kappa shape index (κ3) is 23.9. The van der Waals surface area contributed by atoms with Crippen LogP contribution in [0.5, 0.6) is 46.0 Å². The largest absolute Gasteiger partial charge is 0.457 e. The first-order valence-corrected chi connectivity index (χ1v) is 40.7. The van der Waals surface area contributed by atoms with Crippen LogP contribution < -0.4 is 63.1 Å². The van der Waals surface area contributed by atoms with Crippen LogP contribution in [0.4, 0.5) is 52.7 Å². The molecule has 0 spiro atoms. The van der Waals surface area contributed by atoms with Crippen LogP contribution in [0.1, 0.15) is 85.3 Å². The van der Waals surface area contributed by atoms with Crippen molar-refractivity contribution in [1.82, 2.24) is 59.5 Å². The number of amides is 4. The highest BCUT2D eigenvalue weighted by Crippen LogP contribution is 2.39. The summed E-state index contributed by atoms with van der Waals surface area (Å²) in [5.41, 5.74) is 28.2. The van der Waals surface area contributed by atoms with Crippen molar-refractivity contribution >= 4 is 67.8 Å². The Morgan fingerprint density at radius 2 is 0.553 bits per heavy atom. The van der Waals surface area contributed by atoms with E-state index in [0.717, 1.165) is 115 Å². The molecule has 680 valence electrons. The van der Waals surface area contributed by atoms with Gasteiger partial charge in [0.15, 0.2) is 0 Å². The third-order valence-electron chi connectivity index (χ3n) is 20.3. The number of benzene rings is 12. The van der Waals surface area contributed by atoms with Crippen LogP contribution in [0.25, 0.3) is 66.9 Å². The highest BCUT2D eigenvalue weighted by molar-refractivity contribution is 5.83. The maximum absolute atomic E-state index is 12.8. The number of hydrogen-bond acceptors (Lipinski definition) is 16. The minimum absolute atomic E-state index is 0.0181. The molecule has 16 rings (SSSR count). The molecule has 12 aromatic carbocycles. The summed E-state index contributed by atoms with van der Waals surface area (Å²) in [7, 11) is 0. The summed E-state index contributed by atoms with van der Waals surface area (Å²) in [6.07, 6.45) is -17.6. The minimum Gasteiger partial charge on any atom is -0.457 e. The summed E-state index contributed by atoms with van der Waals surface area (Å²) in [5.74, 6) is 4.06. The van der Waals surface area contributed by atoms with E-state index >= 15 is 0 Å². The first-order chi connectivity index (χ1) is 62.9. The number of nitrogens with two attached hydrogens (primary N) is 4. The average molecular weight is 1820 g/mol. The minimum atomic E-state index is -4.40. The van der Waals surface area contributed by atoms with Crippen molar-refractivity contribution in [3.63, 3.8) is 0 Å². The predicted octanol–water partition coefficient (Wildman–Crippen LogP) is 19.5. The lowest BCUT2D eigenvalue weighted by Gasteiger charge is -2.19. The van der Waals surface area contributed by atoms with Crippen molar-refractivity contribution in [3.05, 3.63) is 337 Å². The molecule has 0 aliphatic heterocycles. The normalized spacial score (nSPS) is 12.6. The second-order valence-electron chi connectivity index (χ2n) is 29.9. The number of aromatic nitrogens is 8. The maximum atomic E-state index is 12.8. The Kier molecular flexibility index (Phi) is 29.2. The Hall–Kier alpha value is -15.4. The highest BCUT2D eigenvalue weighted by Gasteiger charge is 2.34. The molecule has 24 nitrogen and oxygen atoms in total. The van der Waals surface area contributed by atoms with Crippen molar-refractivity contribution in [2.75, 3.05) is 13.1 Å². The number of imidazole rings is 4. The summed E-state index contributed by atoms with van der Waals surface area (Å²) in [6.45, 7) is 7.88. The van der Waals surface area contributed by atoms with Crippen LogP contribution in [0, 0.1) is 0 Å². The molecule has 0 bridgehead atoms. The van der Waals surface area contributed by atoms with E-state index in [-0.39, 0.29) is 25.2 Å². The van der Waals surface area contributed by atoms with E-state index in [4.69, 9.17) is 51.9 Å². The van der Waals surface area contributed by atoms with Crippen molar-refractivity contribution in [3.8, 4) is 68.7 Å². The number of alkyl halides is 12. The molecule has 4 amide bonds. The fourth-order valence-corrected chi connectivity index (χ4v) is 13.7. The first kappa shape index (κ1) is 94.2. The van der Waals surface area contributed by atoms with Crippen LogP contribution in [0.3, 0.4) is 0 Å². The Labute approximate surface area is 745 Å². The van der Waals surface area contributed by atoms with Crippen LogP contribution in [0.2, 0.25) is 0 Å². The van der Waals surface area contributed by atoms with Crippen LogP contribution in [-0.4, -0.2) is 87.0 Å². The molecular weight excluding hydrogens is 1730 g/mol. The van der Waals surface area contributed by atoms with E-state index in [2.05, 4.69) is 31.2 Å². The summed E-state index contributed by atoms with van der Waals surface area (Å²) in [6, 6.07) is 75.5. The number of rotatable bonds is 28. The smallest absolute Gasteiger partial charge is 0.416 e. The lowest BCUT2D eigenvalue weighted by molar-refractivity contribution is -0.138. The SMILES string of the molecule is CC(NC(C)c1nc2ccccc2n1-c1ccc(Oc2ccc(C(F)(F)F)cc2)cc1)C(N)=O.CC(NCC(N)=O)c1nc2ccccc2n1-c1ccc(Oc2ccc(C(F)(F)F)cc2)cc1.CC(NCc1nc2ccccc2n1-c1ccc(Oc2ccc(C(F)(F)F)cc2)cc1)C(N)=O.NC(=O)CNCc1nc2ccccc2n1-c1ccc(Oc2ccc(C(F)(F)F)cc2)cc1. The number of ether oxygens (including phenoxy) is 4. The van der Waals surface area contributed by atoms with Crippen molar-refractivity contribution in [2.24, 2.45) is 22.9 Å². The fraction of sp³-hybridized carbons (Fsp3) is 0.167. The molecule has 0 aliphatic carbocycles. The zero-order chi connectivity index (χ0) is 94.3. The molecule has 12 N–H and O–H groups in total. The van der Waals surface area contributed by atoms with Gasteiger partial charge in [-0.2, -0.15) is 52.7 Å². The van der Waals surface area contributed by atoms with Gasteiger partial charge in [-0.1, -0.05) is 48.5 Å². The molecule has 0 aliphatic rings. The number of carbonyl (C=O) groups is 4. The monoisotopic (exact) mass is 1820 g/mol. The second kappa shape index (κ2) is 40.9. The average Bonchev–Trinajstić information content (AvgIpc) is 1.63. The lowest BCUT2D eigenvalue weighted by atomic mass is 10.2. The maximum Gasteiger partial charge on any atom is 0.416 e. The molecule has 0 saturated carbocycles. The number of fused-ring (bicyclic) bond motifs is 4. The Morgan fingerprint density at radius 1 is 0.303 bits per heavy atom. The standard InChI is InChI=1S/C25H23F3N4O2.2C24H21F3N4O2.C23H19F3N4O2/c1-15(23(29)33)30-16(2)24-31-21-5-3-4-6-22(21)32(24)18-9-13-20(14-10-18)34-19-11-7-17(8-12-19)25(26,27)28;1-15(23(28)32)29-14-22-30-20-4-2-3-5-21(20)31(22)17-8-12-19(13-9-17)33-18-10-6-16(7-11-18)24(25,26)27;1-15(29-14-22(28)32)23-30-20-4-2-3-5-21(20)31(23)17-8-12-19(13-9-17)33-18-10-6-16(7-11-18)24(25,26)27;24-23(25,26)15-5-9-17(10-6-15)32-18-11-7-16(8-12-18)30-20-4-2-1-3-19(20)29-22(30)14-28-13-21(27)31/h3-16,30H,1-2H3,(H2,29,33);2*2-13,15,29H,14H2,1H3,(H2,28,32);1-12,28H,13-14H2,(H2,27,31). The van der Waals surface area contributed by atoms with Gasteiger partial charge in [0, 0.05) is 22.7 Å². The van der Waals surface area contributed by atoms with Crippen LogP contribution in [0.15, 0.2) is 291 Å². The quantitative estimate of drug-likeness (QED) is 0.0211. The van der Waals surface area contributed by atoms with E-state index in [1.165, 1.54) is 48.5 Å². The molecule has 4 aromatic heterocycles. The highest BCUT2D eigenvalue weighted by atomic mass is 19.4.